The number of hydrogen-bond acceptors (Lipinski definition) is 4. The summed E-state index contributed by atoms with van der Waals surface area (Å²) >= 11 is 0. The van der Waals surface area contributed by atoms with E-state index in [1.165, 1.54) is 0 Å². The molecule has 174 valence electrons. The predicted octanol–water partition coefficient (Wildman–Crippen LogP) is 3.09. The van der Waals surface area contributed by atoms with E-state index in [-0.39, 0.29) is 6.54 Å². The van der Waals surface area contributed by atoms with Gasteiger partial charge in [-0.15, -0.1) is 0 Å². The molecule has 0 spiro atoms. The van der Waals surface area contributed by atoms with Crippen molar-refractivity contribution >= 4 is 17.5 Å². The van der Waals surface area contributed by atoms with E-state index in [9.17, 15) is 22.8 Å². The zero-order chi connectivity index (χ0) is 24.1. The lowest BCUT2D eigenvalue weighted by Gasteiger charge is -2.17. The van der Waals surface area contributed by atoms with Gasteiger partial charge in [0.25, 0.3) is 0 Å². The molecule has 33 heavy (non-hydrogen) atoms. The maximum Gasteiger partial charge on any atom is 0.243 e. The van der Waals surface area contributed by atoms with Gasteiger partial charge in [0.15, 0.2) is 17.5 Å². The van der Waals surface area contributed by atoms with E-state index in [0.29, 0.717) is 12.6 Å². The molecular weight excluding hydrogens is 435 g/mol. The number of nitrogens with zero attached hydrogens (tertiary/aromatic N) is 3. The molecule has 3 rings (SSSR count). The van der Waals surface area contributed by atoms with E-state index in [2.05, 4.69) is 15.7 Å². The third-order valence-electron chi connectivity index (χ3n) is 5.04. The Labute approximate surface area is 189 Å². The highest BCUT2D eigenvalue weighted by atomic mass is 19.2. The van der Waals surface area contributed by atoms with Crippen LogP contribution in [0.4, 0.5) is 18.9 Å². The molecule has 0 saturated carbocycles. The van der Waals surface area contributed by atoms with Crippen LogP contribution >= 0.6 is 0 Å². The quantitative estimate of drug-likeness (QED) is 0.508. The Morgan fingerprint density at radius 1 is 1.00 bits per heavy atom. The topological polar surface area (TPSA) is 79.3 Å². The van der Waals surface area contributed by atoms with E-state index in [4.69, 9.17) is 0 Å². The molecule has 3 aromatic rings. The molecule has 2 amide bonds. The minimum absolute atomic E-state index is 0.00220. The normalized spacial score (nSPS) is 11.0. The van der Waals surface area contributed by atoms with Crippen LogP contribution in [-0.2, 0) is 16.1 Å². The largest absolute Gasteiger partial charge is 0.346 e. The zero-order valence-electron chi connectivity index (χ0n) is 18.5. The number of para-hydroxylation sites is 1. The van der Waals surface area contributed by atoms with Crippen molar-refractivity contribution in [3.63, 3.8) is 0 Å². The summed E-state index contributed by atoms with van der Waals surface area (Å²) in [6, 6.07) is 11.3. The lowest BCUT2D eigenvalue weighted by molar-refractivity contribution is -0.124. The minimum Gasteiger partial charge on any atom is -0.346 e. The maximum atomic E-state index is 13.6. The highest BCUT2D eigenvalue weighted by Crippen LogP contribution is 2.20. The number of halogens is 3. The molecule has 0 aliphatic carbocycles. The van der Waals surface area contributed by atoms with Gasteiger partial charge in [-0.1, -0.05) is 18.2 Å². The van der Waals surface area contributed by atoms with Gasteiger partial charge in [-0.05, 0) is 45.2 Å². The van der Waals surface area contributed by atoms with E-state index in [1.54, 1.807) is 11.9 Å². The van der Waals surface area contributed by atoms with Crippen LogP contribution in [0.25, 0.3) is 5.69 Å². The first-order valence-corrected chi connectivity index (χ1v) is 10.2. The number of hydrogen-bond donors (Lipinski definition) is 2. The van der Waals surface area contributed by atoms with E-state index < -0.39 is 41.5 Å². The standard InChI is InChI=1S/C23H24F3N5O2/c1-14-17(15(2)31(29-14)16-7-5-4-6-8-16)12-30(3)13-21(33)27-11-20(32)28-19-10-9-18(24)22(25)23(19)26/h4-10H,11-13H2,1-3H3,(H,27,33)(H,28,32). The number of amides is 2. The summed E-state index contributed by atoms with van der Waals surface area (Å²) in [6.07, 6.45) is 0. The van der Waals surface area contributed by atoms with Crippen molar-refractivity contribution in [3.05, 3.63) is 76.9 Å². The first-order valence-electron chi connectivity index (χ1n) is 10.2. The first kappa shape index (κ1) is 24.0. The fourth-order valence-electron chi connectivity index (χ4n) is 3.35. The van der Waals surface area contributed by atoms with Gasteiger partial charge in [0.05, 0.1) is 30.2 Å². The predicted molar refractivity (Wildman–Crippen MR) is 117 cm³/mol. The van der Waals surface area contributed by atoms with Crippen LogP contribution < -0.4 is 10.6 Å². The van der Waals surface area contributed by atoms with Gasteiger partial charge in [-0.3, -0.25) is 14.5 Å². The molecule has 0 aliphatic rings. The van der Waals surface area contributed by atoms with E-state index >= 15 is 0 Å². The van der Waals surface area contributed by atoms with Gasteiger partial charge in [0, 0.05) is 17.8 Å². The Balaban J connectivity index is 1.53. The van der Waals surface area contributed by atoms with Gasteiger partial charge in [-0.25, -0.2) is 17.9 Å². The summed E-state index contributed by atoms with van der Waals surface area (Å²) in [5, 5.41) is 9.11. The second-order valence-corrected chi connectivity index (χ2v) is 7.62. The van der Waals surface area contributed by atoms with Crippen molar-refractivity contribution in [1.82, 2.24) is 20.0 Å². The van der Waals surface area contributed by atoms with Crippen LogP contribution in [0.2, 0.25) is 0 Å². The van der Waals surface area contributed by atoms with Gasteiger partial charge < -0.3 is 10.6 Å². The van der Waals surface area contributed by atoms with Crippen LogP contribution in [0.1, 0.15) is 17.0 Å². The molecular formula is C23H24F3N5O2. The van der Waals surface area contributed by atoms with Crippen LogP contribution in [0, 0.1) is 31.3 Å². The summed E-state index contributed by atoms with van der Waals surface area (Å²) in [7, 11) is 1.76. The maximum absolute atomic E-state index is 13.6. The number of carbonyl (C=O) groups is 2. The molecule has 2 aromatic carbocycles. The van der Waals surface area contributed by atoms with Gasteiger partial charge >= 0.3 is 0 Å². The van der Waals surface area contributed by atoms with Gasteiger partial charge in [-0.2, -0.15) is 5.10 Å². The Bertz CT molecular complexity index is 1160. The van der Waals surface area contributed by atoms with E-state index in [1.807, 2.05) is 48.9 Å². The lowest BCUT2D eigenvalue weighted by Crippen LogP contribution is -2.39. The second-order valence-electron chi connectivity index (χ2n) is 7.62. The molecule has 2 N–H and O–H groups in total. The van der Waals surface area contributed by atoms with E-state index in [0.717, 1.165) is 28.7 Å². The Morgan fingerprint density at radius 3 is 2.39 bits per heavy atom. The monoisotopic (exact) mass is 459 g/mol. The fourth-order valence-corrected chi connectivity index (χ4v) is 3.35. The zero-order valence-corrected chi connectivity index (χ0v) is 18.5. The van der Waals surface area contributed by atoms with Crippen molar-refractivity contribution in [2.45, 2.75) is 20.4 Å². The molecule has 0 fully saturated rings. The molecule has 0 atom stereocenters. The first-order chi connectivity index (χ1) is 15.7. The highest BCUT2D eigenvalue weighted by Gasteiger charge is 2.18. The van der Waals surface area contributed by atoms with Crippen molar-refractivity contribution in [3.8, 4) is 5.69 Å². The molecule has 0 aliphatic heterocycles. The Morgan fingerprint density at radius 2 is 1.70 bits per heavy atom. The molecule has 1 aromatic heterocycles. The van der Waals surface area contributed by atoms with Crippen molar-refractivity contribution in [2.24, 2.45) is 0 Å². The number of aromatic nitrogens is 2. The van der Waals surface area contributed by atoms with Crippen LogP contribution in [-0.4, -0.2) is 46.6 Å². The SMILES string of the molecule is Cc1nn(-c2ccccc2)c(C)c1CN(C)CC(=O)NCC(=O)Nc1ccc(F)c(F)c1F. The fraction of sp³-hybridized carbons (Fsp3) is 0.261. The number of rotatable bonds is 8. The summed E-state index contributed by atoms with van der Waals surface area (Å²) < 4.78 is 41.7. The Kier molecular flexibility index (Phi) is 7.49. The summed E-state index contributed by atoms with van der Waals surface area (Å²) in [6.45, 7) is 3.87. The molecule has 10 heteroatoms. The minimum atomic E-state index is -1.68. The smallest absolute Gasteiger partial charge is 0.243 e. The van der Waals surface area contributed by atoms with Crippen molar-refractivity contribution in [1.29, 1.82) is 0 Å². The van der Waals surface area contributed by atoms with Gasteiger partial charge in [0.2, 0.25) is 11.8 Å². The number of benzene rings is 2. The highest BCUT2D eigenvalue weighted by molar-refractivity contribution is 5.94. The van der Waals surface area contributed by atoms with Crippen molar-refractivity contribution in [2.75, 3.05) is 25.5 Å². The van der Waals surface area contributed by atoms with Crippen LogP contribution in [0.5, 0.6) is 0 Å². The van der Waals surface area contributed by atoms with Crippen LogP contribution in [0.15, 0.2) is 42.5 Å². The van der Waals surface area contributed by atoms with Gasteiger partial charge in [0.1, 0.15) is 0 Å². The second kappa shape index (κ2) is 10.3. The number of carbonyl (C=O) groups excluding carboxylic acids is 2. The van der Waals surface area contributed by atoms with Crippen molar-refractivity contribution < 1.29 is 22.8 Å². The summed E-state index contributed by atoms with van der Waals surface area (Å²) in [4.78, 5) is 25.9. The number of likely N-dealkylation sites (N-methyl/N-ethyl adjacent to an activating group) is 1. The Hall–Kier alpha value is -3.66. The molecule has 0 unspecified atom stereocenters. The third-order valence-corrected chi connectivity index (χ3v) is 5.04. The molecule has 0 bridgehead atoms. The average molecular weight is 459 g/mol. The molecule has 1 heterocycles. The summed E-state index contributed by atoms with van der Waals surface area (Å²) in [5.41, 5.74) is 3.22. The third kappa shape index (κ3) is 5.78. The molecule has 0 radical (unpaired) electrons. The number of anilines is 1. The number of nitrogens with one attached hydrogen (secondary N) is 2. The lowest BCUT2D eigenvalue weighted by atomic mass is 10.2. The molecule has 0 saturated heterocycles. The summed E-state index contributed by atoms with van der Waals surface area (Å²) in [5.74, 6) is -5.74. The molecule has 7 nitrogen and oxygen atoms in total. The number of aryl methyl sites for hydroxylation is 1. The average Bonchev–Trinajstić information content (AvgIpc) is 3.07. The van der Waals surface area contributed by atoms with Crippen LogP contribution in [0.3, 0.4) is 0 Å².